The molecule has 2 aliphatic rings. The lowest BCUT2D eigenvalue weighted by Gasteiger charge is -2.30. The van der Waals surface area contributed by atoms with Crippen molar-refractivity contribution >= 4 is 6.09 Å². The van der Waals surface area contributed by atoms with Crippen LogP contribution >= 0.6 is 0 Å². The highest BCUT2D eigenvalue weighted by Crippen LogP contribution is 2.37. The highest BCUT2D eigenvalue weighted by Gasteiger charge is 2.60. The molecule has 0 fully saturated rings. The van der Waals surface area contributed by atoms with Gasteiger partial charge in [0.15, 0.2) is 5.76 Å². The van der Waals surface area contributed by atoms with Gasteiger partial charge in [0.25, 0.3) is 6.10 Å². The SMILES string of the molecule is CC1C2=C(C=CC1CN(C)C(=O)OC(C(F)(F)F)C(F)(F)F)OCO2. The van der Waals surface area contributed by atoms with E-state index >= 15 is 0 Å². The Morgan fingerprint density at radius 2 is 1.88 bits per heavy atom. The number of nitrogens with zero attached hydrogens (tertiary/aromatic N) is 1. The Bertz CT molecular complexity index is 569. The smallest absolute Gasteiger partial charge is 0.434 e. The largest absolute Gasteiger partial charge is 0.458 e. The fraction of sp³-hybridized carbons (Fsp3) is 0.643. The third kappa shape index (κ3) is 4.31. The minimum Gasteiger partial charge on any atom is -0.458 e. The van der Waals surface area contributed by atoms with Gasteiger partial charge in [-0.2, -0.15) is 26.3 Å². The van der Waals surface area contributed by atoms with Crippen molar-refractivity contribution in [3.05, 3.63) is 23.7 Å². The van der Waals surface area contributed by atoms with Gasteiger partial charge in [-0.3, -0.25) is 0 Å². The summed E-state index contributed by atoms with van der Waals surface area (Å²) in [4.78, 5) is 12.3. The highest BCUT2D eigenvalue weighted by atomic mass is 19.4. The van der Waals surface area contributed by atoms with Gasteiger partial charge < -0.3 is 19.1 Å². The second kappa shape index (κ2) is 6.68. The van der Waals surface area contributed by atoms with Crippen LogP contribution in [0.1, 0.15) is 6.92 Å². The predicted octanol–water partition coefficient (Wildman–Crippen LogP) is 3.59. The zero-order chi connectivity index (χ0) is 19.0. The van der Waals surface area contributed by atoms with Crippen molar-refractivity contribution in [1.82, 2.24) is 4.90 Å². The summed E-state index contributed by atoms with van der Waals surface area (Å²) in [6, 6.07) is 0. The van der Waals surface area contributed by atoms with E-state index in [-0.39, 0.29) is 25.2 Å². The number of halogens is 6. The maximum atomic E-state index is 12.4. The van der Waals surface area contributed by atoms with E-state index < -0.39 is 24.5 Å². The van der Waals surface area contributed by atoms with Gasteiger partial charge in [0.1, 0.15) is 5.76 Å². The van der Waals surface area contributed by atoms with Crippen LogP contribution in [0.5, 0.6) is 0 Å². The number of alkyl halides is 6. The number of carbonyl (C=O) groups excluding carboxylic acids is 1. The van der Waals surface area contributed by atoms with E-state index in [1.165, 1.54) is 0 Å². The molecule has 2 rings (SSSR count). The van der Waals surface area contributed by atoms with Gasteiger partial charge >= 0.3 is 18.4 Å². The van der Waals surface area contributed by atoms with Gasteiger partial charge in [-0.15, -0.1) is 0 Å². The molecule has 0 spiro atoms. The summed E-state index contributed by atoms with van der Waals surface area (Å²) in [5.74, 6) is 0.396. The Balaban J connectivity index is 2.00. The summed E-state index contributed by atoms with van der Waals surface area (Å²) in [5, 5.41) is 0. The molecule has 0 radical (unpaired) electrons. The van der Waals surface area contributed by atoms with Crippen LogP contribution in [0, 0.1) is 11.8 Å². The van der Waals surface area contributed by atoms with E-state index in [1.54, 1.807) is 19.1 Å². The van der Waals surface area contributed by atoms with Crippen LogP contribution in [-0.4, -0.2) is 49.8 Å². The van der Waals surface area contributed by atoms with Gasteiger partial charge in [-0.1, -0.05) is 13.0 Å². The van der Waals surface area contributed by atoms with Crippen LogP contribution < -0.4 is 0 Å². The second-order valence-electron chi connectivity index (χ2n) is 5.67. The molecule has 0 N–H and O–H groups in total. The first-order chi connectivity index (χ1) is 11.4. The fourth-order valence-corrected chi connectivity index (χ4v) is 2.48. The van der Waals surface area contributed by atoms with Gasteiger partial charge in [0.2, 0.25) is 6.79 Å². The number of hydrogen-bond acceptors (Lipinski definition) is 4. The van der Waals surface area contributed by atoms with Crippen molar-refractivity contribution in [2.45, 2.75) is 25.4 Å². The standard InChI is InChI=1S/C14H15F6NO4/c1-7-8(3-4-9-10(7)24-6-23-9)5-21(2)12(22)25-11(13(15,16)17)14(18,19)20/h3-4,7-8,11H,5-6H2,1-2H3. The van der Waals surface area contributed by atoms with E-state index in [4.69, 9.17) is 9.47 Å². The predicted molar refractivity (Wildman–Crippen MR) is 70.9 cm³/mol. The average molecular weight is 375 g/mol. The minimum atomic E-state index is -5.75. The third-order valence-electron chi connectivity index (χ3n) is 3.83. The molecular formula is C14H15F6NO4. The molecule has 1 aliphatic carbocycles. The second-order valence-corrected chi connectivity index (χ2v) is 5.67. The highest BCUT2D eigenvalue weighted by molar-refractivity contribution is 5.67. The number of carbonyl (C=O) groups is 1. The topological polar surface area (TPSA) is 48.0 Å². The van der Waals surface area contributed by atoms with Crippen LogP contribution in [0.4, 0.5) is 31.1 Å². The van der Waals surface area contributed by atoms with Crippen LogP contribution in [0.2, 0.25) is 0 Å². The normalized spacial score (nSPS) is 23.2. The quantitative estimate of drug-likeness (QED) is 0.708. The van der Waals surface area contributed by atoms with Crippen LogP contribution in [0.25, 0.3) is 0 Å². The molecule has 25 heavy (non-hydrogen) atoms. The number of hydrogen-bond donors (Lipinski definition) is 0. The van der Waals surface area contributed by atoms with Crippen molar-refractivity contribution < 1.29 is 45.3 Å². The number of ether oxygens (including phenoxy) is 3. The van der Waals surface area contributed by atoms with E-state index in [0.717, 1.165) is 7.05 Å². The summed E-state index contributed by atoms with van der Waals surface area (Å²) in [6.45, 7) is 1.62. The van der Waals surface area contributed by atoms with Crippen molar-refractivity contribution in [1.29, 1.82) is 0 Å². The summed E-state index contributed by atoms with van der Waals surface area (Å²) in [6.07, 6.45) is -14.2. The Kier molecular flexibility index (Phi) is 5.14. The number of allylic oxidation sites excluding steroid dienone is 2. The van der Waals surface area contributed by atoms with Crippen LogP contribution in [-0.2, 0) is 14.2 Å². The fourth-order valence-electron chi connectivity index (χ4n) is 2.48. The number of rotatable bonds is 3. The average Bonchev–Trinajstić information content (AvgIpc) is 2.94. The first kappa shape index (κ1) is 19.3. The first-order valence-corrected chi connectivity index (χ1v) is 7.14. The van der Waals surface area contributed by atoms with Gasteiger partial charge in [-0.25, -0.2) is 4.79 Å². The Morgan fingerprint density at radius 1 is 1.28 bits per heavy atom. The lowest BCUT2D eigenvalue weighted by molar-refractivity contribution is -0.308. The van der Waals surface area contributed by atoms with Crippen molar-refractivity contribution in [2.75, 3.05) is 20.4 Å². The van der Waals surface area contributed by atoms with Gasteiger partial charge in [0.05, 0.1) is 0 Å². The molecule has 2 atom stereocenters. The van der Waals surface area contributed by atoms with E-state index in [9.17, 15) is 31.1 Å². The van der Waals surface area contributed by atoms with Crippen molar-refractivity contribution in [2.24, 2.45) is 11.8 Å². The van der Waals surface area contributed by atoms with Gasteiger partial charge in [-0.05, 0) is 6.08 Å². The lowest BCUT2D eigenvalue weighted by atomic mass is 9.87. The minimum absolute atomic E-state index is 0.0305. The van der Waals surface area contributed by atoms with E-state index in [0.29, 0.717) is 16.4 Å². The van der Waals surface area contributed by atoms with Gasteiger partial charge in [0, 0.05) is 25.4 Å². The zero-order valence-corrected chi connectivity index (χ0v) is 13.1. The molecule has 1 aliphatic heterocycles. The molecule has 0 aromatic heterocycles. The molecule has 1 heterocycles. The molecule has 0 aromatic rings. The molecule has 142 valence electrons. The molecule has 5 nitrogen and oxygen atoms in total. The molecule has 2 unspecified atom stereocenters. The van der Waals surface area contributed by atoms with E-state index in [2.05, 4.69) is 4.74 Å². The Labute approximate surface area is 138 Å². The molecule has 11 heteroatoms. The summed E-state index contributed by atoms with van der Waals surface area (Å²) in [7, 11) is 1.06. The molecule has 1 amide bonds. The third-order valence-corrected chi connectivity index (χ3v) is 3.83. The Morgan fingerprint density at radius 3 is 2.44 bits per heavy atom. The van der Waals surface area contributed by atoms with Crippen molar-refractivity contribution in [3.8, 4) is 0 Å². The molecular weight excluding hydrogens is 360 g/mol. The zero-order valence-electron chi connectivity index (χ0n) is 13.1. The molecule has 0 bridgehead atoms. The summed E-state index contributed by atoms with van der Waals surface area (Å²) < 4.78 is 88.8. The number of amides is 1. The summed E-state index contributed by atoms with van der Waals surface area (Å²) in [5.41, 5.74) is 0. The Hall–Kier alpha value is -2.07. The molecule has 0 aromatic carbocycles. The maximum Gasteiger partial charge on any atom is 0.434 e. The monoisotopic (exact) mass is 375 g/mol. The van der Waals surface area contributed by atoms with Crippen LogP contribution in [0.15, 0.2) is 23.7 Å². The molecule has 0 saturated heterocycles. The molecule has 0 saturated carbocycles. The lowest BCUT2D eigenvalue weighted by Crippen LogP contribution is -2.48. The summed E-state index contributed by atoms with van der Waals surface area (Å²) >= 11 is 0. The van der Waals surface area contributed by atoms with Crippen LogP contribution in [0.3, 0.4) is 0 Å². The van der Waals surface area contributed by atoms with E-state index in [1.807, 2.05) is 0 Å². The first-order valence-electron chi connectivity index (χ1n) is 7.14. The maximum absolute atomic E-state index is 12.4. The van der Waals surface area contributed by atoms with Crippen molar-refractivity contribution in [3.63, 3.8) is 0 Å².